The average molecular weight is 642 g/mol. The topological polar surface area (TPSA) is 65.0 Å². The SMILES string of the molecule is c1ccc(-c2nc(-c3ccccc3)nc(-c3ccc(-c4ccc5oc6ccccc6c5c4)cc3-c3ccc4c(c3)oc3ccccc34)n2)cc1. The Kier molecular flexibility index (Phi) is 6.42. The van der Waals surface area contributed by atoms with Crippen LogP contribution in [-0.2, 0) is 0 Å². The van der Waals surface area contributed by atoms with Crippen LogP contribution in [0.5, 0.6) is 0 Å². The summed E-state index contributed by atoms with van der Waals surface area (Å²) in [5.41, 5.74) is 10.4. The molecule has 0 amide bonds. The van der Waals surface area contributed by atoms with Crippen molar-refractivity contribution in [2.75, 3.05) is 0 Å². The van der Waals surface area contributed by atoms with Crippen molar-refractivity contribution in [3.63, 3.8) is 0 Å². The van der Waals surface area contributed by atoms with Gasteiger partial charge < -0.3 is 8.83 Å². The molecule has 10 aromatic rings. The second-order valence-corrected chi connectivity index (χ2v) is 12.4. The quantitative estimate of drug-likeness (QED) is 0.187. The molecule has 7 aromatic carbocycles. The van der Waals surface area contributed by atoms with Crippen molar-refractivity contribution >= 4 is 43.9 Å². The molecule has 0 aliphatic heterocycles. The minimum Gasteiger partial charge on any atom is -0.456 e. The summed E-state index contributed by atoms with van der Waals surface area (Å²) in [6, 6.07) is 55.8. The van der Waals surface area contributed by atoms with E-state index in [0.29, 0.717) is 17.5 Å². The molecule has 234 valence electrons. The molecule has 0 atom stereocenters. The van der Waals surface area contributed by atoms with Crippen molar-refractivity contribution in [1.82, 2.24) is 15.0 Å². The summed E-state index contributed by atoms with van der Waals surface area (Å²) in [6.45, 7) is 0. The Morgan fingerprint density at radius 2 is 0.780 bits per heavy atom. The highest BCUT2D eigenvalue weighted by Crippen LogP contribution is 2.40. The normalized spacial score (nSPS) is 11.6. The van der Waals surface area contributed by atoms with Crippen LogP contribution in [0.3, 0.4) is 0 Å². The highest BCUT2D eigenvalue weighted by Gasteiger charge is 2.18. The van der Waals surface area contributed by atoms with Crippen molar-refractivity contribution in [2.45, 2.75) is 0 Å². The number of rotatable bonds is 5. The first kappa shape index (κ1) is 28.2. The number of hydrogen-bond donors (Lipinski definition) is 0. The van der Waals surface area contributed by atoms with Crippen molar-refractivity contribution in [3.05, 3.63) is 164 Å². The largest absolute Gasteiger partial charge is 0.456 e. The number of nitrogens with zero attached hydrogens (tertiary/aromatic N) is 3. The van der Waals surface area contributed by atoms with E-state index in [9.17, 15) is 0 Å². The van der Waals surface area contributed by atoms with Crippen molar-refractivity contribution in [3.8, 4) is 56.4 Å². The molecule has 0 unspecified atom stereocenters. The third kappa shape index (κ3) is 4.75. The van der Waals surface area contributed by atoms with Gasteiger partial charge in [0.25, 0.3) is 0 Å². The number of fused-ring (bicyclic) bond motifs is 6. The van der Waals surface area contributed by atoms with Gasteiger partial charge in [-0.2, -0.15) is 0 Å². The zero-order valence-electron chi connectivity index (χ0n) is 26.7. The number of benzene rings is 7. The summed E-state index contributed by atoms with van der Waals surface area (Å²) in [5.74, 6) is 1.84. The molecule has 10 rings (SSSR count). The lowest BCUT2D eigenvalue weighted by atomic mass is 9.93. The lowest BCUT2D eigenvalue weighted by molar-refractivity contribution is 0.668. The van der Waals surface area contributed by atoms with E-state index in [1.807, 2.05) is 97.1 Å². The predicted molar refractivity (Wildman–Crippen MR) is 202 cm³/mol. The van der Waals surface area contributed by atoms with Crippen LogP contribution >= 0.6 is 0 Å². The molecule has 0 N–H and O–H groups in total. The number of furan rings is 2. The number of para-hydroxylation sites is 2. The summed E-state index contributed by atoms with van der Waals surface area (Å²) in [4.78, 5) is 15.1. The van der Waals surface area contributed by atoms with E-state index in [-0.39, 0.29) is 0 Å². The highest BCUT2D eigenvalue weighted by molar-refractivity contribution is 6.07. The van der Waals surface area contributed by atoms with E-state index in [2.05, 4.69) is 66.7 Å². The Labute approximate surface area is 287 Å². The summed E-state index contributed by atoms with van der Waals surface area (Å²) in [5, 5.41) is 4.37. The molecule has 50 heavy (non-hydrogen) atoms. The minimum atomic E-state index is 0.597. The van der Waals surface area contributed by atoms with Gasteiger partial charge in [-0.3, -0.25) is 0 Å². The molecule has 3 heterocycles. The fourth-order valence-electron chi connectivity index (χ4n) is 6.89. The van der Waals surface area contributed by atoms with Crippen LogP contribution in [0.1, 0.15) is 0 Å². The molecular formula is C45H27N3O2. The second kappa shape index (κ2) is 11.4. The molecule has 0 aliphatic rings. The van der Waals surface area contributed by atoms with Gasteiger partial charge in [-0.05, 0) is 70.8 Å². The van der Waals surface area contributed by atoms with Crippen LogP contribution in [0.25, 0.3) is 100 Å². The maximum absolute atomic E-state index is 6.36. The first-order valence-corrected chi connectivity index (χ1v) is 16.6. The Bertz CT molecular complexity index is 2810. The molecule has 5 nitrogen and oxygen atoms in total. The molecule has 0 fully saturated rings. The Morgan fingerprint density at radius 1 is 0.280 bits per heavy atom. The summed E-state index contributed by atoms with van der Waals surface area (Å²) < 4.78 is 12.5. The standard InChI is InChI=1S/C45H27N3O2/c1-3-11-28(12-4-1)43-46-44(29-13-5-2-6-14-29)48-45(47-43)36-23-19-30(31-21-24-41-38(26-31)34-16-8-10-18-40(34)49-41)25-37(36)32-20-22-35-33-15-7-9-17-39(33)50-42(35)27-32/h1-27H. The number of hydrogen-bond acceptors (Lipinski definition) is 5. The van der Waals surface area contributed by atoms with Crippen LogP contribution in [0.4, 0.5) is 0 Å². The van der Waals surface area contributed by atoms with Crippen LogP contribution in [0.2, 0.25) is 0 Å². The average Bonchev–Trinajstić information content (AvgIpc) is 3.76. The summed E-state index contributed by atoms with van der Waals surface area (Å²) >= 11 is 0. The van der Waals surface area contributed by atoms with Gasteiger partial charge in [0.2, 0.25) is 0 Å². The molecule has 0 radical (unpaired) electrons. The smallest absolute Gasteiger partial charge is 0.164 e. The van der Waals surface area contributed by atoms with Gasteiger partial charge in [0.1, 0.15) is 22.3 Å². The van der Waals surface area contributed by atoms with E-state index in [0.717, 1.165) is 82.8 Å². The van der Waals surface area contributed by atoms with Gasteiger partial charge in [-0.25, -0.2) is 15.0 Å². The van der Waals surface area contributed by atoms with E-state index >= 15 is 0 Å². The molecule has 0 aliphatic carbocycles. The first-order chi connectivity index (χ1) is 24.7. The second-order valence-electron chi connectivity index (χ2n) is 12.4. The third-order valence-electron chi connectivity index (χ3n) is 9.36. The first-order valence-electron chi connectivity index (χ1n) is 16.6. The monoisotopic (exact) mass is 641 g/mol. The molecule has 0 spiro atoms. The molecule has 5 heteroatoms. The van der Waals surface area contributed by atoms with Crippen molar-refractivity contribution in [1.29, 1.82) is 0 Å². The summed E-state index contributed by atoms with van der Waals surface area (Å²) in [7, 11) is 0. The third-order valence-corrected chi connectivity index (χ3v) is 9.36. The molecule has 0 saturated heterocycles. The molecular weight excluding hydrogens is 615 g/mol. The van der Waals surface area contributed by atoms with E-state index in [4.69, 9.17) is 23.8 Å². The zero-order valence-corrected chi connectivity index (χ0v) is 26.7. The van der Waals surface area contributed by atoms with Crippen molar-refractivity contribution < 1.29 is 8.83 Å². The summed E-state index contributed by atoms with van der Waals surface area (Å²) in [6.07, 6.45) is 0. The van der Waals surface area contributed by atoms with Gasteiger partial charge >= 0.3 is 0 Å². The lowest BCUT2D eigenvalue weighted by Crippen LogP contribution is -2.01. The maximum atomic E-state index is 6.36. The van der Waals surface area contributed by atoms with E-state index in [1.54, 1.807) is 0 Å². The molecule has 3 aromatic heterocycles. The van der Waals surface area contributed by atoms with Gasteiger partial charge in [0.15, 0.2) is 17.5 Å². The van der Waals surface area contributed by atoms with Crippen LogP contribution in [-0.4, -0.2) is 15.0 Å². The Hall–Kier alpha value is -6.85. The van der Waals surface area contributed by atoms with Gasteiger partial charge in [0, 0.05) is 38.2 Å². The zero-order chi connectivity index (χ0) is 33.0. The van der Waals surface area contributed by atoms with Crippen LogP contribution < -0.4 is 0 Å². The minimum absolute atomic E-state index is 0.597. The number of aromatic nitrogens is 3. The maximum Gasteiger partial charge on any atom is 0.164 e. The predicted octanol–water partition coefficient (Wildman–Crippen LogP) is 12.0. The van der Waals surface area contributed by atoms with Gasteiger partial charge in [-0.1, -0.05) is 115 Å². The van der Waals surface area contributed by atoms with Crippen LogP contribution in [0, 0.1) is 0 Å². The molecule has 0 saturated carbocycles. The Morgan fingerprint density at radius 3 is 1.48 bits per heavy atom. The van der Waals surface area contributed by atoms with E-state index in [1.165, 1.54) is 0 Å². The fraction of sp³-hybridized carbons (Fsp3) is 0. The highest BCUT2D eigenvalue weighted by atomic mass is 16.3. The van der Waals surface area contributed by atoms with E-state index < -0.39 is 0 Å². The van der Waals surface area contributed by atoms with Crippen molar-refractivity contribution in [2.24, 2.45) is 0 Å². The van der Waals surface area contributed by atoms with Gasteiger partial charge in [-0.15, -0.1) is 0 Å². The van der Waals surface area contributed by atoms with Crippen LogP contribution in [0.15, 0.2) is 173 Å². The fourth-order valence-corrected chi connectivity index (χ4v) is 6.89. The lowest BCUT2D eigenvalue weighted by Gasteiger charge is -2.14. The van der Waals surface area contributed by atoms with Gasteiger partial charge in [0.05, 0.1) is 0 Å². The molecule has 0 bridgehead atoms. The Balaban J connectivity index is 1.21.